The standard InChI is InChI=1S/C6H12O4/c1-9-6-5(8)4(2-7)3-10-6/h4-8H,2-3H2,1H3/t4-,5-,6+/m1/s1. The molecule has 4 heteroatoms. The van der Waals surface area contributed by atoms with Crippen LogP contribution in [-0.2, 0) is 9.47 Å². The van der Waals surface area contributed by atoms with Gasteiger partial charge in [0.05, 0.1) is 13.2 Å². The predicted octanol–water partition coefficient (Wildman–Crippen LogP) is -1.04. The average molecular weight is 148 g/mol. The Morgan fingerprint density at radius 3 is 2.70 bits per heavy atom. The van der Waals surface area contributed by atoms with Crippen molar-refractivity contribution in [3.8, 4) is 0 Å². The van der Waals surface area contributed by atoms with Gasteiger partial charge in [-0.05, 0) is 0 Å². The molecule has 60 valence electrons. The molecule has 0 aromatic carbocycles. The highest BCUT2D eigenvalue weighted by molar-refractivity contribution is 4.77. The summed E-state index contributed by atoms with van der Waals surface area (Å²) in [5.74, 6) is -0.190. The van der Waals surface area contributed by atoms with Crippen LogP contribution < -0.4 is 0 Å². The number of rotatable bonds is 2. The second-order valence-corrected chi connectivity index (χ2v) is 2.37. The van der Waals surface area contributed by atoms with Crippen LogP contribution in [0.15, 0.2) is 0 Å². The van der Waals surface area contributed by atoms with Crippen LogP contribution in [0, 0.1) is 5.92 Å². The van der Waals surface area contributed by atoms with Crippen molar-refractivity contribution < 1.29 is 19.7 Å². The highest BCUT2D eigenvalue weighted by atomic mass is 16.7. The minimum Gasteiger partial charge on any atom is -0.396 e. The van der Waals surface area contributed by atoms with Crippen LogP contribution in [0.4, 0.5) is 0 Å². The normalized spacial score (nSPS) is 40.5. The van der Waals surface area contributed by atoms with Crippen LogP contribution in [-0.4, -0.2) is 42.9 Å². The van der Waals surface area contributed by atoms with Crippen LogP contribution in [0.1, 0.15) is 0 Å². The van der Waals surface area contributed by atoms with E-state index in [1.165, 1.54) is 7.11 Å². The van der Waals surface area contributed by atoms with Crippen LogP contribution in [0.3, 0.4) is 0 Å². The monoisotopic (exact) mass is 148 g/mol. The third-order valence-electron chi connectivity index (χ3n) is 1.70. The van der Waals surface area contributed by atoms with Crippen LogP contribution in [0.2, 0.25) is 0 Å². The van der Waals surface area contributed by atoms with E-state index < -0.39 is 12.4 Å². The summed E-state index contributed by atoms with van der Waals surface area (Å²) in [6.45, 7) is 0.317. The fourth-order valence-corrected chi connectivity index (χ4v) is 1.01. The van der Waals surface area contributed by atoms with Crippen molar-refractivity contribution in [1.82, 2.24) is 0 Å². The van der Waals surface area contributed by atoms with Crippen LogP contribution >= 0.6 is 0 Å². The number of aliphatic hydroxyl groups excluding tert-OH is 2. The van der Waals surface area contributed by atoms with Gasteiger partial charge in [-0.15, -0.1) is 0 Å². The fraction of sp³-hybridized carbons (Fsp3) is 1.00. The molecule has 0 aromatic rings. The molecule has 0 spiro atoms. The molecule has 10 heavy (non-hydrogen) atoms. The van der Waals surface area contributed by atoms with Crippen molar-refractivity contribution in [3.63, 3.8) is 0 Å². The van der Waals surface area contributed by atoms with E-state index in [1.807, 2.05) is 0 Å². The fourth-order valence-electron chi connectivity index (χ4n) is 1.01. The lowest BCUT2D eigenvalue weighted by atomic mass is 10.1. The first kappa shape index (κ1) is 7.94. The molecule has 1 rings (SSSR count). The Morgan fingerprint density at radius 1 is 1.70 bits per heavy atom. The van der Waals surface area contributed by atoms with Gasteiger partial charge in [-0.3, -0.25) is 0 Å². The van der Waals surface area contributed by atoms with E-state index in [9.17, 15) is 5.11 Å². The number of aliphatic hydroxyl groups is 2. The molecule has 0 amide bonds. The summed E-state index contributed by atoms with van der Waals surface area (Å²) < 4.78 is 9.76. The van der Waals surface area contributed by atoms with Crippen molar-refractivity contribution in [3.05, 3.63) is 0 Å². The number of ether oxygens (including phenoxy) is 2. The van der Waals surface area contributed by atoms with Gasteiger partial charge in [-0.25, -0.2) is 0 Å². The van der Waals surface area contributed by atoms with Gasteiger partial charge in [-0.1, -0.05) is 0 Å². The molecule has 0 bridgehead atoms. The third-order valence-corrected chi connectivity index (χ3v) is 1.70. The summed E-state index contributed by atoms with van der Waals surface area (Å²) >= 11 is 0. The molecular weight excluding hydrogens is 136 g/mol. The van der Waals surface area contributed by atoms with Gasteiger partial charge < -0.3 is 19.7 Å². The molecule has 0 saturated carbocycles. The van der Waals surface area contributed by atoms with E-state index in [0.717, 1.165) is 0 Å². The van der Waals surface area contributed by atoms with E-state index in [-0.39, 0.29) is 12.5 Å². The van der Waals surface area contributed by atoms with Crippen molar-refractivity contribution >= 4 is 0 Å². The average Bonchev–Trinajstić information content (AvgIpc) is 2.30. The van der Waals surface area contributed by atoms with Gasteiger partial charge in [0.1, 0.15) is 6.10 Å². The summed E-state index contributed by atoms with van der Waals surface area (Å²) in [4.78, 5) is 0. The molecule has 3 atom stereocenters. The molecule has 1 saturated heterocycles. The highest BCUT2D eigenvalue weighted by Crippen LogP contribution is 2.19. The molecule has 1 aliphatic rings. The Kier molecular flexibility index (Phi) is 2.62. The van der Waals surface area contributed by atoms with Gasteiger partial charge in [-0.2, -0.15) is 0 Å². The summed E-state index contributed by atoms with van der Waals surface area (Å²) in [7, 11) is 1.47. The SMILES string of the molecule is CO[C@H]1OC[C@@H](CO)[C@H]1O. The topological polar surface area (TPSA) is 58.9 Å². The summed E-state index contributed by atoms with van der Waals surface area (Å²) in [6.07, 6.45) is -1.24. The second-order valence-electron chi connectivity index (χ2n) is 2.37. The van der Waals surface area contributed by atoms with Crippen molar-refractivity contribution in [2.24, 2.45) is 5.92 Å². The van der Waals surface area contributed by atoms with Gasteiger partial charge in [0.15, 0.2) is 6.29 Å². The van der Waals surface area contributed by atoms with Gasteiger partial charge in [0.2, 0.25) is 0 Å². The molecule has 4 nitrogen and oxygen atoms in total. The highest BCUT2D eigenvalue weighted by Gasteiger charge is 2.35. The Bertz CT molecular complexity index is 93.9. The second kappa shape index (κ2) is 3.30. The maximum absolute atomic E-state index is 9.24. The summed E-state index contributed by atoms with van der Waals surface area (Å²) in [5.41, 5.74) is 0. The lowest BCUT2D eigenvalue weighted by Crippen LogP contribution is -2.29. The molecule has 0 aliphatic carbocycles. The Morgan fingerprint density at radius 2 is 2.40 bits per heavy atom. The van der Waals surface area contributed by atoms with E-state index in [0.29, 0.717) is 6.61 Å². The zero-order valence-electron chi connectivity index (χ0n) is 5.86. The molecule has 0 unspecified atom stereocenters. The number of hydrogen-bond acceptors (Lipinski definition) is 4. The first-order valence-electron chi connectivity index (χ1n) is 3.23. The van der Waals surface area contributed by atoms with Crippen molar-refractivity contribution in [2.75, 3.05) is 20.3 Å². The molecule has 0 aromatic heterocycles. The molecule has 2 N–H and O–H groups in total. The van der Waals surface area contributed by atoms with Crippen molar-refractivity contribution in [2.45, 2.75) is 12.4 Å². The Balaban J connectivity index is 2.41. The molecule has 1 heterocycles. The molecule has 1 aliphatic heterocycles. The quantitative estimate of drug-likeness (QED) is 0.525. The number of methoxy groups -OCH3 is 1. The molecular formula is C6H12O4. The maximum atomic E-state index is 9.24. The zero-order valence-corrected chi connectivity index (χ0v) is 5.86. The molecule has 0 radical (unpaired) electrons. The van der Waals surface area contributed by atoms with E-state index >= 15 is 0 Å². The summed E-state index contributed by atoms with van der Waals surface area (Å²) in [5, 5.41) is 17.9. The van der Waals surface area contributed by atoms with Gasteiger partial charge >= 0.3 is 0 Å². The van der Waals surface area contributed by atoms with Crippen molar-refractivity contribution in [1.29, 1.82) is 0 Å². The minimum atomic E-state index is -0.685. The first-order chi connectivity index (χ1) is 4.79. The van der Waals surface area contributed by atoms with Gasteiger partial charge in [0, 0.05) is 13.0 Å². The molecule has 1 fully saturated rings. The van der Waals surface area contributed by atoms with E-state index in [2.05, 4.69) is 0 Å². The van der Waals surface area contributed by atoms with Gasteiger partial charge in [0.25, 0.3) is 0 Å². The third kappa shape index (κ3) is 1.29. The van der Waals surface area contributed by atoms with Crippen LogP contribution in [0.25, 0.3) is 0 Å². The Hall–Kier alpha value is -0.160. The van der Waals surface area contributed by atoms with Crippen LogP contribution in [0.5, 0.6) is 0 Å². The summed E-state index contributed by atoms with van der Waals surface area (Å²) in [6, 6.07) is 0. The Labute approximate surface area is 59.4 Å². The maximum Gasteiger partial charge on any atom is 0.183 e. The lowest BCUT2D eigenvalue weighted by molar-refractivity contribution is -0.133. The predicted molar refractivity (Wildman–Crippen MR) is 33.3 cm³/mol. The van der Waals surface area contributed by atoms with E-state index in [4.69, 9.17) is 14.6 Å². The number of hydrogen-bond donors (Lipinski definition) is 2. The smallest absolute Gasteiger partial charge is 0.183 e. The van der Waals surface area contributed by atoms with E-state index in [1.54, 1.807) is 0 Å². The first-order valence-corrected chi connectivity index (χ1v) is 3.23. The lowest BCUT2D eigenvalue weighted by Gasteiger charge is -2.13. The largest absolute Gasteiger partial charge is 0.396 e. The zero-order chi connectivity index (χ0) is 7.56. The minimum absolute atomic E-state index is 0.0545.